The van der Waals surface area contributed by atoms with Gasteiger partial charge in [0.05, 0.1) is 9.70 Å². The minimum atomic E-state index is 0. The van der Waals surface area contributed by atoms with Crippen LogP contribution in [0.25, 0.3) is 0 Å². The van der Waals surface area contributed by atoms with Crippen molar-refractivity contribution >= 4 is 45.6 Å². The van der Waals surface area contributed by atoms with Gasteiger partial charge >= 0.3 is 0 Å². The number of carbonyl (C=O) groups is 1. The molecule has 1 amide bonds. The minimum Gasteiger partial charge on any atom is -0.341 e. The molecule has 96 valence electrons. The third-order valence-electron chi connectivity index (χ3n) is 2.83. The van der Waals surface area contributed by atoms with Gasteiger partial charge in [-0.1, -0.05) is 0 Å². The fourth-order valence-electron chi connectivity index (χ4n) is 1.96. The first-order chi connectivity index (χ1) is 7.66. The molecule has 1 unspecified atom stereocenters. The lowest BCUT2D eigenvalue weighted by Crippen LogP contribution is -2.33. The molecule has 1 aliphatic heterocycles. The van der Waals surface area contributed by atoms with Gasteiger partial charge in [0.2, 0.25) is 5.91 Å². The Bertz CT molecular complexity index is 379. The van der Waals surface area contributed by atoms with Crippen LogP contribution in [-0.2, 0) is 11.3 Å². The average Bonchev–Trinajstić information content (AvgIpc) is 2.88. The quantitative estimate of drug-likeness (QED) is 0.917. The zero-order valence-corrected chi connectivity index (χ0v) is 12.8. The molecule has 2 rings (SSSR count). The smallest absolute Gasteiger partial charge is 0.227 e. The van der Waals surface area contributed by atoms with E-state index in [9.17, 15) is 4.79 Å². The van der Waals surface area contributed by atoms with E-state index in [0.29, 0.717) is 6.54 Å². The van der Waals surface area contributed by atoms with Crippen molar-refractivity contribution < 1.29 is 4.79 Å². The number of carbonyl (C=O) groups excluding carboxylic acids is 1. The van der Waals surface area contributed by atoms with Crippen LogP contribution in [0.3, 0.4) is 0 Å². The van der Waals surface area contributed by atoms with Crippen molar-refractivity contribution in [3.63, 3.8) is 0 Å². The molecular formula is C11H16BrClN2OS. The Morgan fingerprint density at radius 2 is 2.47 bits per heavy atom. The molecule has 0 radical (unpaired) electrons. The number of nitrogens with zero attached hydrogens (tertiary/aromatic N) is 1. The highest BCUT2D eigenvalue weighted by atomic mass is 79.9. The monoisotopic (exact) mass is 338 g/mol. The summed E-state index contributed by atoms with van der Waals surface area (Å²) >= 11 is 5.09. The summed E-state index contributed by atoms with van der Waals surface area (Å²) in [6.07, 6.45) is 0.969. The molecule has 1 aliphatic rings. The van der Waals surface area contributed by atoms with Gasteiger partial charge < -0.3 is 10.2 Å². The van der Waals surface area contributed by atoms with Crippen molar-refractivity contribution in [2.24, 2.45) is 5.92 Å². The van der Waals surface area contributed by atoms with Crippen LogP contribution in [0.2, 0.25) is 0 Å². The van der Waals surface area contributed by atoms with Crippen LogP contribution < -0.4 is 5.32 Å². The summed E-state index contributed by atoms with van der Waals surface area (Å²) < 4.78 is 1.12. The molecule has 0 aromatic carbocycles. The highest BCUT2D eigenvalue weighted by molar-refractivity contribution is 9.11. The molecule has 0 saturated carbocycles. The van der Waals surface area contributed by atoms with Crippen LogP contribution >= 0.6 is 39.7 Å². The Labute approximate surface area is 120 Å². The molecule has 1 aromatic rings. The van der Waals surface area contributed by atoms with E-state index in [1.54, 1.807) is 11.3 Å². The van der Waals surface area contributed by atoms with Crippen molar-refractivity contribution in [1.29, 1.82) is 0 Å². The summed E-state index contributed by atoms with van der Waals surface area (Å²) in [5.74, 6) is 0.430. The number of nitrogens with one attached hydrogen (secondary N) is 1. The molecule has 0 bridgehead atoms. The molecule has 1 saturated heterocycles. The van der Waals surface area contributed by atoms with E-state index in [2.05, 4.69) is 32.7 Å². The predicted octanol–water partition coefficient (Wildman–Crippen LogP) is 2.50. The van der Waals surface area contributed by atoms with E-state index in [-0.39, 0.29) is 24.2 Å². The van der Waals surface area contributed by atoms with Gasteiger partial charge in [-0.15, -0.1) is 23.7 Å². The van der Waals surface area contributed by atoms with Crippen LogP contribution in [0.4, 0.5) is 0 Å². The van der Waals surface area contributed by atoms with E-state index < -0.39 is 0 Å². The standard InChI is InChI=1S/C11H15BrN2OS.ClH/c1-14(6-8-4-10(12)16-7-8)11(15)9-2-3-13-5-9;/h4,7,9,13H,2-3,5-6H2,1H3;1H. The first-order valence-electron chi connectivity index (χ1n) is 5.35. The summed E-state index contributed by atoms with van der Waals surface area (Å²) in [6, 6.07) is 2.07. The second kappa shape index (κ2) is 6.73. The van der Waals surface area contributed by atoms with Gasteiger partial charge in [0.1, 0.15) is 0 Å². The number of thiophene rings is 1. The van der Waals surface area contributed by atoms with E-state index in [1.165, 1.54) is 5.56 Å². The summed E-state index contributed by atoms with van der Waals surface area (Å²) in [7, 11) is 1.88. The van der Waals surface area contributed by atoms with Gasteiger partial charge in [-0.3, -0.25) is 4.79 Å². The average molecular weight is 340 g/mol. The Hall–Kier alpha value is -0.100. The van der Waals surface area contributed by atoms with Gasteiger partial charge in [-0.25, -0.2) is 0 Å². The Balaban J connectivity index is 0.00000144. The molecule has 2 heterocycles. The Morgan fingerprint density at radius 3 is 3.00 bits per heavy atom. The van der Waals surface area contributed by atoms with Crippen LogP contribution in [0, 0.1) is 5.92 Å². The van der Waals surface area contributed by atoms with E-state index in [4.69, 9.17) is 0 Å². The lowest BCUT2D eigenvalue weighted by atomic mass is 10.1. The molecule has 6 heteroatoms. The van der Waals surface area contributed by atoms with Crippen LogP contribution in [-0.4, -0.2) is 30.9 Å². The number of halogens is 2. The second-order valence-electron chi connectivity index (χ2n) is 4.14. The van der Waals surface area contributed by atoms with Crippen molar-refractivity contribution in [1.82, 2.24) is 10.2 Å². The molecular weight excluding hydrogens is 324 g/mol. The van der Waals surface area contributed by atoms with Gasteiger partial charge in [0.15, 0.2) is 0 Å². The molecule has 3 nitrogen and oxygen atoms in total. The number of hydrogen-bond donors (Lipinski definition) is 1. The molecule has 1 N–H and O–H groups in total. The summed E-state index contributed by atoms with van der Waals surface area (Å²) in [5.41, 5.74) is 1.19. The molecule has 17 heavy (non-hydrogen) atoms. The van der Waals surface area contributed by atoms with Crippen molar-refractivity contribution in [3.05, 3.63) is 20.8 Å². The van der Waals surface area contributed by atoms with E-state index in [0.717, 1.165) is 23.3 Å². The highest BCUT2D eigenvalue weighted by Gasteiger charge is 2.25. The maximum atomic E-state index is 12.0. The lowest BCUT2D eigenvalue weighted by Gasteiger charge is -2.19. The molecule has 1 atom stereocenters. The Morgan fingerprint density at radius 1 is 1.71 bits per heavy atom. The number of hydrogen-bond acceptors (Lipinski definition) is 3. The van der Waals surface area contributed by atoms with Gasteiger partial charge in [-0.05, 0) is 45.9 Å². The lowest BCUT2D eigenvalue weighted by molar-refractivity contribution is -0.134. The zero-order valence-electron chi connectivity index (χ0n) is 9.61. The summed E-state index contributed by atoms with van der Waals surface area (Å²) in [4.78, 5) is 13.9. The topological polar surface area (TPSA) is 32.3 Å². The first kappa shape index (κ1) is 15.0. The second-order valence-corrected chi connectivity index (χ2v) is 6.43. The largest absolute Gasteiger partial charge is 0.341 e. The minimum absolute atomic E-state index is 0. The Kier molecular flexibility index (Phi) is 5.92. The van der Waals surface area contributed by atoms with Crippen molar-refractivity contribution in [2.75, 3.05) is 20.1 Å². The van der Waals surface area contributed by atoms with Gasteiger partial charge in [-0.2, -0.15) is 0 Å². The SMILES string of the molecule is CN(Cc1csc(Br)c1)C(=O)C1CCNC1.Cl. The van der Waals surface area contributed by atoms with Crippen molar-refractivity contribution in [3.8, 4) is 0 Å². The fourth-order valence-corrected chi connectivity index (χ4v) is 3.16. The maximum absolute atomic E-state index is 12.0. The zero-order chi connectivity index (χ0) is 11.5. The molecule has 1 aromatic heterocycles. The van der Waals surface area contributed by atoms with Gasteiger partial charge in [0, 0.05) is 20.1 Å². The summed E-state index contributed by atoms with van der Waals surface area (Å²) in [6.45, 7) is 2.50. The fraction of sp³-hybridized carbons (Fsp3) is 0.545. The normalized spacial score (nSPS) is 18.8. The predicted molar refractivity (Wildman–Crippen MR) is 76.7 cm³/mol. The molecule has 0 spiro atoms. The maximum Gasteiger partial charge on any atom is 0.227 e. The van der Waals surface area contributed by atoms with E-state index in [1.807, 2.05) is 11.9 Å². The van der Waals surface area contributed by atoms with Gasteiger partial charge in [0.25, 0.3) is 0 Å². The summed E-state index contributed by atoms with van der Waals surface area (Å²) in [5, 5.41) is 5.31. The highest BCUT2D eigenvalue weighted by Crippen LogP contribution is 2.22. The number of amides is 1. The first-order valence-corrected chi connectivity index (χ1v) is 7.02. The van der Waals surface area contributed by atoms with Crippen LogP contribution in [0.5, 0.6) is 0 Å². The molecule has 1 fully saturated rings. The third kappa shape index (κ3) is 3.95. The van der Waals surface area contributed by atoms with Crippen LogP contribution in [0.15, 0.2) is 15.2 Å². The van der Waals surface area contributed by atoms with E-state index >= 15 is 0 Å². The third-order valence-corrected chi connectivity index (χ3v) is 4.38. The molecule has 0 aliphatic carbocycles. The number of rotatable bonds is 3. The van der Waals surface area contributed by atoms with Crippen molar-refractivity contribution in [2.45, 2.75) is 13.0 Å². The van der Waals surface area contributed by atoms with Crippen LogP contribution in [0.1, 0.15) is 12.0 Å².